The van der Waals surface area contributed by atoms with Gasteiger partial charge in [-0.25, -0.2) is 13.2 Å². The lowest BCUT2D eigenvalue weighted by Gasteiger charge is -2.09. The molecule has 0 aliphatic heterocycles. The zero-order valence-corrected chi connectivity index (χ0v) is 10.9. The molecule has 0 aliphatic carbocycles. The Balaban J connectivity index is 2.17. The molecule has 0 unspecified atom stereocenters. The van der Waals surface area contributed by atoms with Gasteiger partial charge in [0.05, 0.1) is 11.9 Å². The Hall–Kier alpha value is -2.62. The van der Waals surface area contributed by atoms with Gasteiger partial charge in [-0.2, -0.15) is 0 Å². The van der Waals surface area contributed by atoms with Gasteiger partial charge in [0.25, 0.3) is 0 Å². The molecule has 1 nitrogen and oxygen atoms in total. The van der Waals surface area contributed by atoms with Gasteiger partial charge in [-0.1, -0.05) is 12.1 Å². The van der Waals surface area contributed by atoms with Gasteiger partial charge >= 0.3 is 0 Å². The highest BCUT2D eigenvalue weighted by molar-refractivity contribution is 5.80. The number of pyridine rings is 1. The highest BCUT2D eigenvalue weighted by atomic mass is 19.1. The van der Waals surface area contributed by atoms with E-state index in [2.05, 4.69) is 4.98 Å². The van der Waals surface area contributed by atoms with Crippen LogP contribution in [0.25, 0.3) is 22.4 Å². The molecule has 3 rings (SSSR count). The predicted molar refractivity (Wildman–Crippen MR) is 75.0 cm³/mol. The summed E-state index contributed by atoms with van der Waals surface area (Å²) in [6.07, 6.45) is 1.10. The Morgan fingerprint density at radius 1 is 0.619 bits per heavy atom. The van der Waals surface area contributed by atoms with Crippen molar-refractivity contribution in [3.05, 3.63) is 78.2 Å². The van der Waals surface area contributed by atoms with Crippen LogP contribution in [0.4, 0.5) is 13.2 Å². The van der Waals surface area contributed by atoms with E-state index in [0.717, 1.165) is 6.20 Å². The molecule has 0 atom stereocenters. The van der Waals surface area contributed by atoms with Crippen LogP contribution in [-0.4, -0.2) is 4.98 Å². The molecule has 0 saturated carbocycles. The van der Waals surface area contributed by atoms with Crippen LogP contribution in [0.1, 0.15) is 0 Å². The van der Waals surface area contributed by atoms with E-state index in [1.54, 1.807) is 24.3 Å². The summed E-state index contributed by atoms with van der Waals surface area (Å²) in [4.78, 5) is 4.09. The second-order valence-corrected chi connectivity index (χ2v) is 4.56. The molecule has 0 amide bonds. The van der Waals surface area contributed by atoms with Crippen molar-refractivity contribution in [2.75, 3.05) is 0 Å². The van der Waals surface area contributed by atoms with E-state index < -0.39 is 5.82 Å². The summed E-state index contributed by atoms with van der Waals surface area (Å²) < 4.78 is 39.5. The Morgan fingerprint density at radius 3 is 1.71 bits per heavy atom. The first kappa shape index (κ1) is 13.4. The van der Waals surface area contributed by atoms with Crippen molar-refractivity contribution in [2.24, 2.45) is 0 Å². The summed E-state index contributed by atoms with van der Waals surface area (Å²) >= 11 is 0. The number of nitrogens with zero attached hydrogens (tertiary/aromatic N) is 1. The summed E-state index contributed by atoms with van der Waals surface area (Å²) in [6, 6.07) is 12.8. The Bertz CT molecular complexity index is 765. The molecule has 0 radical (unpaired) electrons. The SMILES string of the molecule is Fc1ccc(-c2cc(F)cnc2-c2ccc(F)cc2)cc1. The first-order valence-corrected chi connectivity index (χ1v) is 6.31. The predicted octanol–water partition coefficient (Wildman–Crippen LogP) is 4.83. The molecule has 2 aromatic carbocycles. The number of benzene rings is 2. The van der Waals surface area contributed by atoms with Gasteiger partial charge in [0.2, 0.25) is 0 Å². The molecule has 21 heavy (non-hydrogen) atoms. The first-order valence-electron chi connectivity index (χ1n) is 6.31. The molecule has 0 N–H and O–H groups in total. The van der Waals surface area contributed by atoms with Crippen LogP contribution in [0, 0.1) is 17.5 Å². The van der Waals surface area contributed by atoms with Crippen molar-refractivity contribution in [1.29, 1.82) is 0 Å². The van der Waals surface area contributed by atoms with Gasteiger partial charge in [-0.3, -0.25) is 4.98 Å². The number of hydrogen-bond donors (Lipinski definition) is 0. The summed E-state index contributed by atoms with van der Waals surface area (Å²) in [5.74, 6) is -1.21. The molecule has 1 aromatic heterocycles. The minimum atomic E-state index is -0.486. The summed E-state index contributed by atoms with van der Waals surface area (Å²) in [7, 11) is 0. The highest BCUT2D eigenvalue weighted by Crippen LogP contribution is 2.31. The van der Waals surface area contributed by atoms with Crippen molar-refractivity contribution < 1.29 is 13.2 Å². The average Bonchev–Trinajstić information content (AvgIpc) is 2.49. The second kappa shape index (κ2) is 5.40. The molecule has 4 heteroatoms. The Kier molecular flexibility index (Phi) is 3.44. The third kappa shape index (κ3) is 2.79. The minimum Gasteiger partial charge on any atom is -0.253 e. The van der Waals surface area contributed by atoms with E-state index in [9.17, 15) is 13.2 Å². The van der Waals surface area contributed by atoms with Crippen LogP contribution in [0.15, 0.2) is 60.8 Å². The van der Waals surface area contributed by atoms with Crippen molar-refractivity contribution in [3.8, 4) is 22.4 Å². The van der Waals surface area contributed by atoms with E-state index in [-0.39, 0.29) is 11.6 Å². The molecule has 1 heterocycles. The lowest BCUT2D eigenvalue weighted by molar-refractivity contribution is 0.622. The molecule has 0 spiro atoms. The van der Waals surface area contributed by atoms with Crippen LogP contribution in [0.3, 0.4) is 0 Å². The number of halogens is 3. The molecule has 0 bridgehead atoms. The molecule has 0 saturated heterocycles. The maximum Gasteiger partial charge on any atom is 0.142 e. The maximum absolute atomic E-state index is 13.5. The quantitative estimate of drug-likeness (QED) is 0.657. The molecular formula is C17H10F3N. The Morgan fingerprint density at radius 2 is 1.14 bits per heavy atom. The smallest absolute Gasteiger partial charge is 0.142 e. The number of hydrogen-bond acceptors (Lipinski definition) is 1. The average molecular weight is 285 g/mol. The monoisotopic (exact) mass is 285 g/mol. The summed E-state index contributed by atoms with van der Waals surface area (Å²) in [6.45, 7) is 0. The Labute approximate surface area is 119 Å². The van der Waals surface area contributed by atoms with Crippen molar-refractivity contribution >= 4 is 0 Å². The van der Waals surface area contributed by atoms with Crippen molar-refractivity contribution in [2.45, 2.75) is 0 Å². The van der Waals surface area contributed by atoms with Gasteiger partial charge in [0.1, 0.15) is 17.5 Å². The van der Waals surface area contributed by atoms with Crippen LogP contribution in [0.5, 0.6) is 0 Å². The summed E-state index contributed by atoms with van der Waals surface area (Å²) in [5.41, 5.74) is 2.35. The highest BCUT2D eigenvalue weighted by Gasteiger charge is 2.11. The molecule has 0 fully saturated rings. The van der Waals surface area contributed by atoms with Crippen molar-refractivity contribution in [1.82, 2.24) is 4.98 Å². The second-order valence-electron chi connectivity index (χ2n) is 4.56. The van der Waals surface area contributed by atoms with Crippen LogP contribution in [0.2, 0.25) is 0 Å². The van der Waals surface area contributed by atoms with Gasteiger partial charge in [-0.15, -0.1) is 0 Å². The van der Waals surface area contributed by atoms with Gasteiger partial charge in [0, 0.05) is 11.1 Å². The standard InChI is InChI=1S/C17H10F3N/c18-13-5-1-11(2-6-13)16-9-15(20)10-21-17(16)12-3-7-14(19)8-4-12/h1-10H. The topological polar surface area (TPSA) is 12.9 Å². The molecular weight excluding hydrogens is 275 g/mol. The molecule has 0 aliphatic rings. The van der Waals surface area contributed by atoms with Gasteiger partial charge < -0.3 is 0 Å². The van der Waals surface area contributed by atoms with Crippen LogP contribution < -0.4 is 0 Å². The van der Waals surface area contributed by atoms with Crippen molar-refractivity contribution in [3.63, 3.8) is 0 Å². The van der Waals surface area contributed by atoms with Crippen LogP contribution >= 0.6 is 0 Å². The summed E-state index contributed by atoms with van der Waals surface area (Å²) in [5, 5.41) is 0. The third-order valence-electron chi connectivity index (χ3n) is 3.13. The van der Waals surface area contributed by atoms with Crippen LogP contribution in [-0.2, 0) is 0 Å². The third-order valence-corrected chi connectivity index (χ3v) is 3.13. The molecule has 104 valence electrons. The first-order chi connectivity index (χ1) is 10.1. The lowest BCUT2D eigenvalue weighted by atomic mass is 9.99. The normalized spacial score (nSPS) is 10.6. The largest absolute Gasteiger partial charge is 0.253 e. The van der Waals surface area contributed by atoms with E-state index in [1.165, 1.54) is 30.3 Å². The number of rotatable bonds is 2. The fourth-order valence-corrected chi connectivity index (χ4v) is 2.13. The number of aromatic nitrogens is 1. The van der Waals surface area contributed by atoms with E-state index in [0.29, 0.717) is 22.4 Å². The van der Waals surface area contributed by atoms with E-state index >= 15 is 0 Å². The van der Waals surface area contributed by atoms with E-state index in [1.807, 2.05) is 0 Å². The molecule has 3 aromatic rings. The zero-order valence-electron chi connectivity index (χ0n) is 10.9. The fraction of sp³-hybridized carbons (Fsp3) is 0. The fourth-order valence-electron chi connectivity index (χ4n) is 2.13. The lowest BCUT2D eigenvalue weighted by Crippen LogP contribution is -1.92. The minimum absolute atomic E-state index is 0.357. The zero-order chi connectivity index (χ0) is 14.8. The van der Waals surface area contributed by atoms with Gasteiger partial charge in [-0.05, 0) is 48.0 Å². The van der Waals surface area contributed by atoms with E-state index in [4.69, 9.17) is 0 Å². The maximum atomic E-state index is 13.5. The van der Waals surface area contributed by atoms with Gasteiger partial charge in [0.15, 0.2) is 0 Å².